The molecule has 0 spiro atoms. The molecule has 1 heterocycles. The van der Waals surface area contributed by atoms with Gasteiger partial charge in [0.2, 0.25) is 5.91 Å². The molecular formula is C15H28N6OS. The van der Waals surface area contributed by atoms with Crippen molar-refractivity contribution < 1.29 is 4.79 Å². The molecule has 1 aromatic heterocycles. The second kappa shape index (κ2) is 10.0. The Labute approximate surface area is 142 Å². The highest BCUT2D eigenvalue weighted by Gasteiger charge is 2.06. The summed E-state index contributed by atoms with van der Waals surface area (Å²) < 4.78 is 0. The van der Waals surface area contributed by atoms with Gasteiger partial charge in [-0.3, -0.25) is 4.79 Å². The van der Waals surface area contributed by atoms with Crippen molar-refractivity contribution in [3.05, 3.63) is 11.1 Å². The first kappa shape index (κ1) is 19.2. The predicted octanol–water partition coefficient (Wildman–Crippen LogP) is 1.04. The number of aliphatic imine (C=N–C) groups is 1. The van der Waals surface area contributed by atoms with Crippen molar-refractivity contribution in [2.45, 2.75) is 27.3 Å². The van der Waals surface area contributed by atoms with E-state index >= 15 is 0 Å². The van der Waals surface area contributed by atoms with Crippen LogP contribution in [0.25, 0.3) is 0 Å². The first-order chi connectivity index (χ1) is 10.9. The van der Waals surface area contributed by atoms with Crippen LogP contribution in [0.15, 0.2) is 10.4 Å². The molecule has 1 rings (SSSR count). The molecule has 0 atom stereocenters. The topological polar surface area (TPSA) is 81.7 Å². The Kier molecular flexibility index (Phi) is 8.39. The summed E-state index contributed by atoms with van der Waals surface area (Å²) in [6, 6.07) is 0. The Morgan fingerprint density at radius 3 is 2.57 bits per heavy atom. The molecule has 0 bridgehead atoms. The summed E-state index contributed by atoms with van der Waals surface area (Å²) in [5.74, 6) is 0.797. The summed E-state index contributed by atoms with van der Waals surface area (Å²) in [6.07, 6.45) is 0. The van der Waals surface area contributed by atoms with Crippen molar-refractivity contribution in [2.24, 2.45) is 10.9 Å². The molecule has 0 fully saturated rings. The third-order valence-corrected chi connectivity index (χ3v) is 3.96. The van der Waals surface area contributed by atoms with Crippen LogP contribution in [-0.2, 0) is 11.3 Å². The zero-order valence-corrected chi connectivity index (χ0v) is 15.5. The van der Waals surface area contributed by atoms with Crippen LogP contribution < -0.4 is 20.9 Å². The minimum Gasteiger partial charge on any atom is -0.357 e. The number of carbonyl (C=O) groups excluding carboxylic acids is 1. The van der Waals surface area contributed by atoms with Gasteiger partial charge in [-0.15, -0.1) is 11.3 Å². The van der Waals surface area contributed by atoms with Gasteiger partial charge in [0.05, 0.1) is 12.2 Å². The highest BCUT2D eigenvalue weighted by atomic mass is 32.1. The molecule has 0 aliphatic carbocycles. The zero-order valence-electron chi connectivity index (χ0n) is 14.6. The molecule has 8 heteroatoms. The van der Waals surface area contributed by atoms with E-state index in [2.05, 4.69) is 25.9 Å². The van der Waals surface area contributed by atoms with E-state index in [1.54, 1.807) is 11.3 Å². The number of hydrogen-bond donors (Lipinski definition) is 3. The number of carbonyl (C=O) groups is 1. The van der Waals surface area contributed by atoms with E-state index in [4.69, 9.17) is 0 Å². The van der Waals surface area contributed by atoms with Gasteiger partial charge in [-0.05, 0) is 6.92 Å². The number of nitrogens with one attached hydrogen (secondary N) is 3. The van der Waals surface area contributed by atoms with Gasteiger partial charge >= 0.3 is 0 Å². The molecule has 0 radical (unpaired) electrons. The third-order valence-electron chi connectivity index (χ3n) is 2.91. The van der Waals surface area contributed by atoms with E-state index in [0.29, 0.717) is 19.6 Å². The van der Waals surface area contributed by atoms with Crippen LogP contribution in [0, 0.1) is 5.92 Å². The number of hydrogen-bond acceptors (Lipinski definition) is 5. The van der Waals surface area contributed by atoms with Crippen LogP contribution in [0.3, 0.4) is 0 Å². The normalized spacial score (nSPS) is 11.5. The second-order valence-corrected chi connectivity index (χ2v) is 6.42. The Morgan fingerprint density at radius 2 is 2.00 bits per heavy atom. The average molecular weight is 340 g/mol. The van der Waals surface area contributed by atoms with Gasteiger partial charge in [-0.2, -0.15) is 0 Å². The molecule has 7 nitrogen and oxygen atoms in total. The number of nitrogens with zero attached hydrogens (tertiary/aromatic N) is 3. The molecule has 1 amide bonds. The van der Waals surface area contributed by atoms with Crippen molar-refractivity contribution in [2.75, 3.05) is 38.6 Å². The van der Waals surface area contributed by atoms with E-state index < -0.39 is 0 Å². The van der Waals surface area contributed by atoms with Crippen molar-refractivity contribution in [3.63, 3.8) is 0 Å². The number of anilines is 1. The Balaban J connectivity index is 2.44. The van der Waals surface area contributed by atoms with Crippen LogP contribution in [0.4, 0.5) is 5.13 Å². The molecule has 0 aliphatic heterocycles. The average Bonchev–Trinajstić information content (AvgIpc) is 2.97. The van der Waals surface area contributed by atoms with Crippen molar-refractivity contribution in [1.29, 1.82) is 0 Å². The fourth-order valence-electron chi connectivity index (χ4n) is 1.65. The standard InChI is InChI=1S/C15H28N6OS/c1-6-16-14(18-8-7-17-13(22)11(2)3)19-9-12-10-23-15(20-12)21(4)5/h10-11H,6-9H2,1-5H3,(H,17,22)(H2,16,18,19). The molecule has 0 aliphatic rings. The maximum Gasteiger partial charge on any atom is 0.222 e. The zero-order chi connectivity index (χ0) is 17.2. The third kappa shape index (κ3) is 7.32. The van der Waals surface area contributed by atoms with E-state index in [1.807, 2.05) is 45.1 Å². The van der Waals surface area contributed by atoms with Gasteiger partial charge in [-0.1, -0.05) is 13.8 Å². The lowest BCUT2D eigenvalue weighted by Crippen LogP contribution is -2.42. The van der Waals surface area contributed by atoms with Gasteiger partial charge in [0.25, 0.3) is 0 Å². The van der Waals surface area contributed by atoms with Crippen LogP contribution in [0.1, 0.15) is 26.5 Å². The lowest BCUT2D eigenvalue weighted by molar-refractivity contribution is -0.123. The van der Waals surface area contributed by atoms with E-state index in [0.717, 1.165) is 23.3 Å². The predicted molar refractivity (Wildman–Crippen MR) is 97.1 cm³/mol. The van der Waals surface area contributed by atoms with Crippen molar-refractivity contribution in [1.82, 2.24) is 20.9 Å². The van der Waals surface area contributed by atoms with Gasteiger partial charge in [0.15, 0.2) is 11.1 Å². The summed E-state index contributed by atoms with van der Waals surface area (Å²) in [4.78, 5) is 22.5. The molecule has 0 saturated heterocycles. The smallest absolute Gasteiger partial charge is 0.222 e. The van der Waals surface area contributed by atoms with Crippen molar-refractivity contribution >= 4 is 28.3 Å². The highest BCUT2D eigenvalue weighted by molar-refractivity contribution is 7.13. The number of guanidine groups is 1. The SMILES string of the molecule is CCNC(=NCc1csc(N(C)C)n1)NCCNC(=O)C(C)C. The van der Waals surface area contributed by atoms with Crippen molar-refractivity contribution in [3.8, 4) is 0 Å². The summed E-state index contributed by atoms with van der Waals surface area (Å²) in [7, 11) is 3.95. The minimum atomic E-state index is 0.00691. The summed E-state index contributed by atoms with van der Waals surface area (Å²) in [6.45, 7) is 8.29. The van der Waals surface area contributed by atoms with Gasteiger partial charge in [0.1, 0.15) is 0 Å². The first-order valence-electron chi connectivity index (χ1n) is 7.85. The number of amides is 1. The maximum absolute atomic E-state index is 11.5. The Bertz CT molecular complexity index is 512. The molecule has 3 N–H and O–H groups in total. The van der Waals surface area contributed by atoms with Crippen LogP contribution in [0.5, 0.6) is 0 Å². The molecule has 23 heavy (non-hydrogen) atoms. The number of aromatic nitrogens is 1. The quantitative estimate of drug-likeness (QED) is 0.374. The Hall–Kier alpha value is -1.83. The molecule has 1 aromatic rings. The van der Waals surface area contributed by atoms with E-state index in [9.17, 15) is 4.79 Å². The van der Waals surface area contributed by atoms with Crippen LogP contribution in [-0.4, -0.2) is 50.6 Å². The molecule has 0 saturated carbocycles. The molecule has 0 unspecified atom stereocenters. The van der Waals surface area contributed by atoms with Gasteiger partial charge < -0.3 is 20.9 Å². The monoisotopic (exact) mass is 340 g/mol. The largest absolute Gasteiger partial charge is 0.357 e. The Morgan fingerprint density at radius 1 is 1.30 bits per heavy atom. The van der Waals surface area contributed by atoms with E-state index in [-0.39, 0.29) is 11.8 Å². The lowest BCUT2D eigenvalue weighted by Gasteiger charge is -2.12. The highest BCUT2D eigenvalue weighted by Crippen LogP contribution is 2.18. The van der Waals surface area contributed by atoms with Crippen LogP contribution in [0.2, 0.25) is 0 Å². The van der Waals surface area contributed by atoms with E-state index in [1.165, 1.54) is 0 Å². The first-order valence-corrected chi connectivity index (χ1v) is 8.73. The number of thiazole rings is 1. The van der Waals surface area contributed by atoms with Gasteiger partial charge in [-0.25, -0.2) is 9.98 Å². The lowest BCUT2D eigenvalue weighted by atomic mass is 10.2. The maximum atomic E-state index is 11.5. The summed E-state index contributed by atoms with van der Waals surface area (Å²) in [5, 5.41) is 12.3. The summed E-state index contributed by atoms with van der Waals surface area (Å²) in [5.41, 5.74) is 0.948. The molecular weight excluding hydrogens is 312 g/mol. The summed E-state index contributed by atoms with van der Waals surface area (Å²) >= 11 is 1.61. The fourth-order valence-corrected chi connectivity index (χ4v) is 2.40. The fraction of sp³-hybridized carbons (Fsp3) is 0.667. The number of rotatable bonds is 8. The van der Waals surface area contributed by atoms with Crippen LogP contribution >= 0.6 is 11.3 Å². The molecule has 130 valence electrons. The van der Waals surface area contributed by atoms with Gasteiger partial charge in [0, 0.05) is 45.0 Å². The molecule has 0 aromatic carbocycles. The second-order valence-electron chi connectivity index (χ2n) is 5.58. The minimum absolute atomic E-state index is 0.00691.